The van der Waals surface area contributed by atoms with E-state index >= 15 is 0 Å². The molecular formula is C36H41N3O4S. The van der Waals surface area contributed by atoms with Crippen molar-refractivity contribution in [1.29, 1.82) is 0 Å². The summed E-state index contributed by atoms with van der Waals surface area (Å²) < 4.78 is 29.3. The van der Waals surface area contributed by atoms with Gasteiger partial charge in [0.2, 0.25) is 11.8 Å². The summed E-state index contributed by atoms with van der Waals surface area (Å²) in [6.45, 7) is 7.37. The number of amides is 2. The summed E-state index contributed by atoms with van der Waals surface area (Å²) in [4.78, 5) is 29.9. The summed E-state index contributed by atoms with van der Waals surface area (Å²) in [5.74, 6) is -0.763. The molecule has 4 aromatic carbocycles. The predicted molar refractivity (Wildman–Crippen MR) is 176 cm³/mol. The first-order chi connectivity index (χ1) is 21.1. The fraction of sp³-hybridized carbons (Fsp3) is 0.278. The number of sulfonamides is 1. The summed E-state index contributed by atoms with van der Waals surface area (Å²) >= 11 is 0. The maximum atomic E-state index is 14.5. The highest BCUT2D eigenvalue weighted by molar-refractivity contribution is 7.92. The molecule has 0 aliphatic heterocycles. The van der Waals surface area contributed by atoms with Crippen LogP contribution in [0.3, 0.4) is 0 Å². The molecule has 4 rings (SSSR count). The summed E-state index contributed by atoms with van der Waals surface area (Å²) in [6.07, 6.45) is 1.00. The van der Waals surface area contributed by atoms with Crippen LogP contribution in [-0.2, 0) is 32.6 Å². The third-order valence-electron chi connectivity index (χ3n) is 7.68. The molecule has 0 saturated carbocycles. The molecule has 2 unspecified atom stereocenters. The smallest absolute Gasteiger partial charge is 0.264 e. The number of nitrogens with zero attached hydrogens (tertiary/aromatic N) is 2. The van der Waals surface area contributed by atoms with Crippen LogP contribution in [0.15, 0.2) is 114 Å². The van der Waals surface area contributed by atoms with E-state index < -0.39 is 28.5 Å². The second kappa shape index (κ2) is 14.8. The molecule has 0 spiro atoms. The monoisotopic (exact) mass is 611 g/mol. The van der Waals surface area contributed by atoms with Gasteiger partial charge in [-0.15, -0.1) is 0 Å². The lowest BCUT2D eigenvalue weighted by Gasteiger charge is -2.34. The number of carbonyl (C=O) groups is 2. The van der Waals surface area contributed by atoms with Crippen molar-refractivity contribution in [2.45, 2.75) is 64.1 Å². The van der Waals surface area contributed by atoms with E-state index in [9.17, 15) is 18.0 Å². The first-order valence-corrected chi connectivity index (χ1v) is 16.4. The minimum atomic E-state index is -4.13. The number of carbonyl (C=O) groups excluding carboxylic acids is 2. The Bertz CT molecular complexity index is 1620. The lowest BCUT2D eigenvalue weighted by molar-refractivity contribution is -0.140. The molecule has 0 heterocycles. The average molecular weight is 612 g/mol. The lowest BCUT2D eigenvalue weighted by atomic mass is 10.0. The van der Waals surface area contributed by atoms with Gasteiger partial charge in [-0.05, 0) is 62.6 Å². The van der Waals surface area contributed by atoms with Gasteiger partial charge in [-0.1, -0.05) is 103 Å². The molecule has 0 aliphatic carbocycles. The SMILES string of the molecule is CCC(C)NC(=O)C(Cc1ccccc1)N(Cc1ccccc1)C(=O)CN(c1ccc(C)cc1)S(=O)(=O)c1ccc(C)cc1. The molecule has 0 aliphatic rings. The van der Waals surface area contributed by atoms with Crippen LogP contribution in [0.5, 0.6) is 0 Å². The Morgan fingerprint density at radius 3 is 1.82 bits per heavy atom. The first kappa shape index (κ1) is 32.5. The van der Waals surface area contributed by atoms with Gasteiger partial charge >= 0.3 is 0 Å². The van der Waals surface area contributed by atoms with E-state index in [-0.39, 0.29) is 29.8 Å². The molecule has 230 valence electrons. The van der Waals surface area contributed by atoms with Crippen LogP contribution in [0.25, 0.3) is 0 Å². The fourth-order valence-corrected chi connectivity index (χ4v) is 6.27. The Hall–Kier alpha value is -4.43. The lowest BCUT2D eigenvalue weighted by Crippen LogP contribution is -2.54. The van der Waals surface area contributed by atoms with E-state index in [0.717, 1.165) is 33.0 Å². The van der Waals surface area contributed by atoms with Crippen LogP contribution in [0, 0.1) is 13.8 Å². The Kier molecular flexibility index (Phi) is 11.0. The number of aryl methyl sites for hydroxylation is 2. The summed E-state index contributed by atoms with van der Waals surface area (Å²) in [6, 6.07) is 31.6. The van der Waals surface area contributed by atoms with Crippen LogP contribution >= 0.6 is 0 Å². The maximum Gasteiger partial charge on any atom is 0.264 e. The standard InChI is InChI=1S/C36H41N3O4S/c1-5-29(4)37-36(41)34(24-30-12-8-6-9-13-30)38(25-31-14-10-7-11-15-31)35(40)26-39(32-20-16-27(2)17-21-32)44(42,43)33-22-18-28(3)19-23-33/h6-23,29,34H,5,24-26H2,1-4H3,(H,37,41). The van der Waals surface area contributed by atoms with Crippen LogP contribution in [-0.4, -0.2) is 43.8 Å². The second-order valence-corrected chi connectivity index (χ2v) is 13.1. The molecule has 0 bridgehead atoms. The minimum Gasteiger partial charge on any atom is -0.352 e. The Labute approximate surface area is 261 Å². The third-order valence-corrected chi connectivity index (χ3v) is 9.47. The van der Waals surface area contributed by atoms with E-state index in [4.69, 9.17) is 0 Å². The van der Waals surface area contributed by atoms with Crippen LogP contribution in [0.4, 0.5) is 5.69 Å². The average Bonchev–Trinajstić information content (AvgIpc) is 3.03. The number of benzene rings is 4. The van der Waals surface area contributed by atoms with Crippen molar-refractivity contribution in [3.05, 3.63) is 131 Å². The molecule has 44 heavy (non-hydrogen) atoms. The molecular weight excluding hydrogens is 570 g/mol. The zero-order valence-corrected chi connectivity index (χ0v) is 26.6. The van der Waals surface area contributed by atoms with Crippen LogP contribution < -0.4 is 9.62 Å². The van der Waals surface area contributed by atoms with Gasteiger partial charge in [0.25, 0.3) is 10.0 Å². The fourth-order valence-electron chi connectivity index (χ4n) is 4.85. The predicted octanol–water partition coefficient (Wildman–Crippen LogP) is 6.05. The summed E-state index contributed by atoms with van der Waals surface area (Å²) in [7, 11) is -4.13. The van der Waals surface area contributed by atoms with Crippen molar-refractivity contribution >= 4 is 27.5 Å². The molecule has 2 amide bonds. The highest BCUT2D eigenvalue weighted by atomic mass is 32.2. The van der Waals surface area contributed by atoms with Crippen LogP contribution in [0.2, 0.25) is 0 Å². The second-order valence-electron chi connectivity index (χ2n) is 11.2. The molecule has 4 aromatic rings. The van der Waals surface area contributed by atoms with Gasteiger partial charge in [0.15, 0.2) is 0 Å². The Morgan fingerprint density at radius 1 is 0.750 bits per heavy atom. The van der Waals surface area contributed by atoms with E-state index in [0.29, 0.717) is 5.69 Å². The van der Waals surface area contributed by atoms with Crippen LogP contribution in [0.1, 0.15) is 42.5 Å². The molecule has 0 aromatic heterocycles. The molecule has 0 fully saturated rings. The molecule has 0 radical (unpaired) electrons. The van der Waals surface area contributed by atoms with Gasteiger partial charge in [-0.3, -0.25) is 13.9 Å². The number of nitrogens with one attached hydrogen (secondary N) is 1. The largest absolute Gasteiger partial charge is 0.352 e. The quantitative estimate of drug-likeness (QED) is 0.199. The van der Waals surface area contributed by atoms with Crippen molar-refractivity contribution < 1.29 is 18.0 Å². The highest BCUT2D eigenvalue weighted by Gasteiger charge is 2.35. The number of rotatable bonds is 13. The van der Waals surface area contributed by atoms with Gasteiger partial charge in [0, 0.05) is 19.0 Å². The van der Waals surface area contributed by atoms with E-state index in [2.05, 4.69) is 5.32 Å². The van der Waals surface area contributed by atoms with Crippen molar-refractivity contribution in [3.8, 4) is 0 Å². The van der Waals surface area contributed by atoms with Gasteiger partial charge in [-0.2, -0.15) is 0 Å². The number of hydrogen-bond acceptors (Lipinski definition) is 4. The van der Waals surface area contributed by atoms with E-state index in [1.54, 1.807) is 36.4 Å². The van der Waals surface area contributed by atoms with E-state index in [1.165, 1.54) is 4.90 Å². The van der Waals surface area contributed by atoms with Crippen molar-refractivity contribution in [1.82, 2.24) is 10.2 Å². The van der Waals surface area contributed by atoms with E-state index in [1.807, 2.05) is 100 Å². The molecule has 7 nitrogen and oxygen atoms in total. The molecule has 1 N–H and O–H groups in total. The minimum absolute atomic E-state index is 0.0847. The van der Waals surface area contributed by atoms with Crippen molar-refractivity contribution in [3.63, 3.8) is 0 Å². The van der Waals surface area contributed by atoms with Crippen molar-refractivity contribution in [2.75, 3.05) is 10.8 Å². The number of anilines is 1. The Morgan fingerprint density at radius 2 is 1.27 bits per heavy atom. The summed E-state index contributed by atoms with van der Waals surface area (Å²) in [5, 5.41) is 3.06. The molecule has 0 saturated heterocycles. The topological polar surface area (TPSA) is 86.8 Å². The summed E-state index contributed by atoms with van der Waals surface area (Å²) in [5.41, 5.74) is 3.98. The zero-order chi connectivity index (χ0) is 31.7. The van der Waals surface area contributed by atoms with Gasteiger partial charge in [0.05, 0.1) is 10.6 Å². The molecule has 8 heteroatoms. The first-order valence-electron chi connectivity index (χ1n) is 14.9. The Balaban J connectivity index is 1.79. The van der Waals surface area contributed by atoms with Crippen molar-refractivity contribution in [2.24, 2.45) is 0 Å². The maximum absolute atomic E-state index is 14.5. The number of hydrogen-bond donors (Lipinski definition) is 1. The highest BCUT2D eigenvalue weighted by Crippen LogP contribution is 2.26. The van der Waals surface area contributed by atoms with Gasteiger partial charge in [0.1, 0.15) is 12.6 Å². The zero-order valence-electron chi connectivity index (χ0n) is 25.8. The molecule has 2 atom stereocenters. The normalized spacial score (nSPS) is 12.6. The van der Waals surface area contributed by atoms with Gasteiger partial charge in [-0.25, -0.2) is 8.42 Å². The third kappa shape index (κ3) is 8.35. The van der Waals surface area contributed by atoms with Gasteiger partial charge < -0.3 is 10.2 Å².